The normalized spacial score (nSPS) is 11.6. The molecule has 3 nitrogen and oxygen atoms in total. The fourth-order valence-electron chi connectivity index (χ4n) is 2.17. The van der Waals surface area contributed by atoms with Gasteiger partial charge in [0.2, 0.25) is 0 Å². The van der Waals surface area contributed by atoms with Crippen molar-refractivity contribution in [3.8, 4) is 0 Å². The Kier molecular flexibility index (Phi) is 4.37. The fourth-order valence-corrected chi connectivity index (χ4v) is 2.17. The molecule has 1 heterocycles. The summed E-state index contributed by atoms with van der Waals surface area (Å²) >= 11 is 0. The number of hydrogen-bond acceptors (Lipinski definition) is 2. The van der Waals surface area contributed by atoms with Gasteiger partial charge in [-0.05, 0) is 31.9 Å². The third kappa shape index (κ3) is 2.91. The molecule has 18 heavy (non-hydrogen) atoms. The zero-order chi connectivity index (χ0) is 13.0. The third-order valence-corrected chi connectivity index (χ3v) is 3.22. The Hall–Kier alpha value is -1.35. The summed E-state index contributed by atoms with van der Waals surface area (Å²) in [5.74, 6) is 0.752. The summed E-state index contributed by atoms with van der Waals surface area (Å²) in [6, 6.07) is 8.46. The first-order valence-corrected chi connectivity index (χ1v) is 6.87. The van der Waals surface area contributed by atoms with E-state index in [1.807, 2.05) is 0 Å². The van der Waals surface area contributed by atoms with Gasteiger partial charge >= 0.3 is 0 Å². The summed E-state index contributed by atoms with van der Waals surface area (Å²) in [7, 11) is 0. The van der Waals surface area contributed by atoms with Crippen molar-refractivity contribution in [1.29, 1.82) is 0 Å². The summed E-state index contributed by atoms with van der Waals surface area (Å²) in [6.07, 6.45) is 1.21. The first-order valence-electron chi connectivity index (χ1n) is 6.87. The Bertz CT molecular complexity index is 499. The molecule has 0 aliphatic heterocycles. The minimum atomic E-state index is 0.752. The zero-order valence-electron chi connectivity index (χ0n) is 11.6. The molecule has 2 rings (SSSR count). The highest BCUT2D eigenvalue weighted by Crippen LogP contribution is 2.18. The first-order chi connectivity index (χ1) is 8.72. The highest BCUT2D eigenvalue weighted by molar-refractivity contribution is 5.81. The maximum absolute atomic E-state index is 4.68. The molecule has 0 saturated heterocycles. The minimum absolute atomic E-state index is 0.752. The molecule has 1 aromatic carbocycles. The van der Waals surface area contributed by atoms with Crippen LogP contribution in [-0.4, -0.2) is 16.3 Å². The Balaban J connectivity index is 2.08. The van der Waals surface area contributed by atoms with Gasteiger partial charge in [-0.15, -0.1) is 0 Å². The van der Waals surface area contributed by atoms with Crippen LogP contribution in [0.5, 0.6) is 0 Å². The molecule has 2 aromatic rings. The molecule has 0 radical (unpaired) electrons. The van der Waals surface area contributed by atoms with Crippen LogP contribution in [0.4, 0.5) is 0 Å². The largest absolute Gasteiger partial charge is 0.311 e. The minimum Gasteiger partial charge on any atom is -0.311 e. The van der Waals surface area contributed by atoms with Gasteiger partial charge in [0.05, 0.1) is 11.2 Å². The number of nitrogens with zero attached hydrogens (tertiary/aromatic N) is 2. The number of aryl methyl sites for hydroxylation is 1. The van der Waals surface area contributed by atoms with E-state index < -0.39 is 0 Å². The molecule has 0 aliphatic rings. The average molecular weight is 245 g/mol. The van der Waals surface area contributed by atoms with Crippen molar-refractivity contribution >= 4 is 10.9 Å². The molecular weight excluding hydrogens is 222 g/mol. The lowest BCUT2D eigenvalue weighted by atomic mass is 10.1. The molecular formula is C15H23N3. The van der Waals surface area contributed by atoms with Crippen LogP contribution in [0.15, 0.2) is 24.3 Å². The Morgan fingerprint density at radius 2 is 2.06 bits per heavy atom. The fraction of sp³-hybridized carbons (Fsp3) is 0.533. The van der Waals surface area contributed by atoms with Crippen molar-refractivity contribution in [1.82, 2.24) is 15.1 Å². The molecule has 0 atom stereocenters. The molecule has 0 amide bonds. The average Bonchev–Trinajstić information content (AvgIpc) is 2.73. The standard InChI is InChI=1S/C15H23N3/c1-4-18-15-8-6-5-7-13(15)14(17-18)11-16-10-9-12(2)3/h5-8,12,16H,4,9-11H2,1-3H3. The van der Waals surface area contributed by atoms with E-state index in [-0.39, 0.29) is 0 Å². The summed E-state index contributed by atoms with van der Waals surface area (Å²) in [4.78, 5) is 0. The van der Waals surface area contributed by atoms with Crippen LogP contribution in [0.25, 0.3) is 10.9 Å². The number of para-hydroxylation sites is 1. The summed E-state index contributed by atoms with van der Waals surface area (Å²) in [5.41, 5.74) is 2.40. The number of aromatic nitrogens is 2. The van der Waals surface area contributed by atoms with E-state index in [1.165, 1.54) is 17.3 Å². The molecule has 0 fully saturated rings. The highest BCUT2D eigenvalue weighted by atomic mass is 15.3. The first kappa shape index (κ1) is 13.1. The Labute approximate surface area is 109 Å². The molecule has 1 aromatic heterocycles. The monoisotopic (exact) mass is 245 g/mol. The lowest BCUT2D eigenvalue weighted by Gasteiger charge is -2.05. The van der Waals surface area contributed by atoms with Crippen molar-refractivity contribution in [3.05, 3.63) is 30.0 Å². The predicted octanol–water partition coefficient (Wildman–Crippen LogP) is 3.19. The van der Waals surface area contributed by atoms with Crippen molar-refractivity contribution in [3.63, 3.8) is 0 Å². The lowest BCUT2D eigenvalue weighted by molar-refractivity contribution is 0.532. The second-order valence-electron chi connectivity index (χ2n) is 5.14. The predicted molar refractivity (Wildman–Crippen MR) is 76.6 cm³/mol. The van der Waals surface area contributed by atoms with E-state index in [0.29, 0.717) is 0 Å². The van der Waals surface area contributed by atoms with E-state index in [4.69, 9.17) is 0 Å². The van der Waals surface area contributed by atoms with Gasteiger partial charge in [-0.1, -0.05) is 32.0 Å². The van der Waals surface area contributed by atoms with Crippen LogP contribution in [0.1, 0.15) is 32.9 Å². The van der Waals surface area contributed by atoms with Gasteiger partial charge < -0.3 is 5.32 Å². The summed E-state index contributed by atoms with van der Waals surface area (Å²) < 4.78 is 2.08. The Morgan fingerprint density at radius 1 is 1.28 bits per heavy atom. The quantitative estimate of drug-likeness (QED) is 0.792. The van der Waals surface area contributed by atoms with Gasteiger partial charge in [0, 0.05) is 18.5 Å². The van der Waals surface area contributed by atoms with Crippen LogP contribution in [0.2, 0.25) is 0 Å². The molecule has 0 saturated carbocycles. The molecule has 0 unspecified atom stereocenters. The van der Waals surface area contributed by atoms with Gasteiger partial charge in [-0.2, -0.15) is 5.10 Å². The van der Waals surface area contributed by atoms with Gasteiger partial charge in [0.15, 0.2) is 0 Å². The second-order valence-corrected chi connectivity index (χ2v) is 5.14. The van der Waals surface area contributed by atoms with Gasteiger partial charge in [-0.3, -0.25) is 4.68 Å². The molecule has 1 N–H and O–H groups in total. The maximum atomic E-state index is 4.68. The van der Waals surface area contributed by atoms with Gasteiger partial charge in [0.1, 0.15) is 0 Å². The van der Waals surface area contributed by atoms with E-state index in [1.54, 1.807) is 0 Å². The van der Waals surface area contributed by atoms with Crippen molar-refractivity contribution in [2.45, 2.75) is 40.3 Å². The van der Waals surface area contributed by atoms with Crippen LogP contribution in [0, 0.1) is 5.92 Å². The molecule has 98 valence electrons. The van der Waals surface area contributed by atoms with Crippen LogP contribution in [0.3, 0.4) is 0 Å². The SMILES string of the molecule is CCn1nc(CNCCC(C)C)c2ccccc21. The van der Waals surface area contributed by atoms with Crippen LogP contribution < -0.4 is 5.32 Å². The molecule has 0 bridgehead atoms. The van der Waals surface area contributed by atoms with Crippen LogP contribution in [-0.2, 0) is 13.1 Å². The number of hydrogen-bond donors (Lipinski definition) is 1. The molecule has 3 heteroatoms. The smallest absolute Gasteiger partial charge is 0.0841 e. The van der Waals surface area contributed by atoms with Crippen molar-refractivity contribution in [2.75, 3.05) is 6.54 Å². The third-order valence-electron chi connectivity index (χ3n) is 3.22. The maximum Gasteiger partial charge on any atom is 0.0841 e. The van der Waals surface area contributed by atoms with Gasteiger partial charge in [0.25, 0.3) is 0 Å². The summed E-state index contributed by atoms with van der Waals surface area (Å²) in [5, 5.41) is 9.44. The molecule has 0 aliphatic carbocycles. The number of benzene rings is 1. The van der Waals surface area contributed by atoms with Crippen molar-refractivity contribution < 1.29 is 0 Å². The second kappa shape index (κ2) is 6.01. The zero-order valence-corrected chi connectivity index (χ0v) is 11.6. The van der Waals surface area contributed by atoms with E-state index in [0.717, 1.165) is 31.2 Å². The topological polar surface area (TPSA) is 29.9 Å². The van der Waals surface area contributed by atoms with Crippen LogP contribution >= 0.6 is 0 Å². The number of nitrogens with one attached hydrogen (secondary N) is 1. The summed E-state index contributed by atoms with van der Waals surface area (Å²) in [6.45, 7) is 9.49. The lowest BCUT2D eigenvalue weighted by Crippen LogP contribution is -2.17. The van der Waals surface area contributed by atoms with Gasteiger partial charge in [-0.25, -0.2) is 0 Å². The van der Waals surface area contributed by atoms with Crippen molar-refractivity contribution in [2.24, 2.45) is 5.92 Å². The number of rotatable bonds is 6. The van der Waals surface area contributed by atoms with E-state index in [2.05, 4.69) is 60.1 Å². The number of fused-ring (bicyclic) bond motifs is 1. The molecule has 0 spiro atoms. The Morgan fingerprint density at radius 3 is 2.78 bits per heavy atom. The van der Waals surface area contributed by atoms with E-state index >= 15 is 0 Å². The highest BCUT2D eigenvalue weighted by Gasteiger charge is 2.08. The van der Waals surface area contributed by atoms with E-state index in [9.17, 15) is 0 Å².